The molecule has 4 nitrogen and oxygen atoms in total. The van der Waals surface area contributed by atoms with Crippen molar-refractivity contribution < 1.29 is 13.2 Å². The molecule has 94 valence electrons. The molecular weight excluding hydrogens is 253 g/mol. The van der Waals surface area contributed by atoms with Gasteiger partial charge in [-0.15, -0.1) is 11.8 Å². The summed E-state index contributed by atoms with van der Waals surface area (Å²) >= 11 is 1.10. The zero-order valence-electron chi connectivity index (χ0n) is 8.93. The van der Waals surface area contributed by atoms with Crippen LogP contribution in [0.15, 0.2) is 35.2 Å². The number of allylic oxidation sites excluding steroid dienone is 1. The Kier molecular flexibility index (Phi) is 4.76. The standard InChI is InChI=1S/C9H11F3N4S/c1-17-8(13)5-7(9(10,11)12)14-6-16-4-2-3-15-16/h2-6,8H,13H2,1H3/b7-5-,14-6-. The molecule has 0 saturated heterocycles. The highest BCUT2D eigenvalue weighted by molar-refractivity contribution is 7.99. The summed E-state index contributed by atoms with van der Waals surface area (Å²) in [5, 5.41) is 2.96. The van der Waals surface area contributed by atoms with E-state index in [9.17, 15) is 13.2 Å². The van der Waals surface area contributed by atoms with Crippen LogP contribution in [0, 0.1) is 0 Å². The van der Waals surface area contributed by atoms with Crippen LogP contribution < -0.4 is 5.73 Å². The monoisotopic (exact) mass is 264 g/mol. The van der Waals surface area contributed by atoms with E-state index in [0.29, 0.717) is 0 Å². The Hall–Kier alpha value is -1.28. The molecule has 0 aliphatic carbocycles. The Morgan fingerprint density at radius 1 is 1.59 bits per heavy atom. The average molecular weight is 264 g/mol. The van der Waals surface area contributed by atoms with Gasteiger partial charge in [-0.3, -0.25) is 0 Å². The van der Waals surface area contributed by atoms with Gasteiger partial charge in [-0.2, -0.15) is 18.3 Å². The third kappa shape index (κ3) is 4.61. The number of nitrogens with two attached hydrogens (primary N) is 1. The Bertz CT molecular complexity index is 397. The van der Waals surface area contributed by atoms with Gasteiger partial charge in [0.15, 0.2) is 0 Å². The Balaban J connectivity index is 2.89. The second kappa shape index (κ2) is 5.87. The number of thioether (sulfide) groups is 1. The van der Waals surface area contributed by atoms with Crippen LogP contribution in [0.5, 0.6) is 0 Å². The number of halogens is 3. The number of hydrogen-bond acceptors (Lipinski definition) is 4. The van der Waals surface area contributed by atoms with E-state index in [1.807, 2.05) is 0 Å². The van der Waals surface area contributed by atoms with E-state index in [1.54, 1.807) is 12.3 Å². The molecular formula is C9H11F3N4S. The van der Waals surface area contributed by atoms with Gasteiger partial charge in [0.05, 0.1) is 5.37 Å². The third-order valence-corrected chi connectivity index (χ3v) is 2.41. The van der Waals surface area contributed by atoms with Crippen molar-refractivity contribution >= 4 is 18.1 Å². The largest absolute Gasteiger partial charge is 0.433 e. The summed E-state index contributed by atoms with van der Waals surface area (Å²) in [4.78, 5) is 3.34. The molecule has 2 N–H and O–H groups in total. The lowest BCUT2D eigenvalue weighted by Gasteiger charge is -2.09. The van der Waals surface area contributed by atoms with Crippen molar-refractivity contribution in [2.75, 3.05) is 6.26 Å². The van der Waals surface area contributed by atoms with Gasteiger partial charge in [0.25, 0.3) is 0 Å². The molecule has 17 heavy (non-hydrogen) atoms. The molecule has 1 unspecified atom stereocenters. The van der Waals surface area contributed by atoms with Crippen LogP contribution in [-0.4, -0.2) is 33.9 Å². The highest BCUT2D eigenvalue weighted by atomic mass is 32.2. The van der Waals surface area contributed by atoms with Crippen molar-refractivity contribution in [2.45, 2.75) is 11.6 Å². The summed E-state index contributed by atoms with van der Waals surface area (Å²) in [6, 6.07) is 1.58. The van der Waals surface area contributed by atoms with E-state index < -0.39 is 17.2 Å². The van der Waals surface area contributed by atoms with E-state index in [1.165, 1.54) is 17.1 Å². The van der Waals surface area contributed by atoms with E-state index in [4.69, 9.17) is 5.73 Å². The fraction of sp³-hybridized carbons (Fsp3) is 0.333. The molecule has 0 saturated carbocycles. The molecule has 1 aromatic rings. The molecule has 0 aliphatic rings. The normalized spacial score (nSPS) is 15.5. The number of hydrogen-bond donors (Lipinski definition) is 1. The summed E-state index contributed by atoms with van der Waals surface area (Å²) in [7, 11) is 0. The number of alkyl halides is 3. The van der Waals surface area contributed by atoms with Crippen LogP contribution in [0.1, 0.15) is 0 Å². The highest BCUT2D eigenvalue weighted by Crippen LogP contribution is 2.27. The number of aromatic nitrogens is 2. The quantitative estimate of drug-likeness (QED) is 0.513. The predicted octanol–water partition coefficient (Wildman–Crippen LogP) is 1.85. The number of aliphatic imine (C=N–C) groups is 1. The van der Waals surface area contributed by atoms with Crippen LogP contribution >= 0.6 is 11.8 Å². The Morgan fingerprint density at radius 3 is 2.76 bits per heavy atom. The maximum absolute atomic E-state index is 12.6. The first kappa shape index (κ1) is 13.8. The lowest BCUT2D eigenvalue weighted by Crippen LogP contribution is -2.18. The zero-order chi connectivity index (χ0) is 12.9. The van der Waals surface area contributed by atoms with Gasteiger partial charge in [-0.05, 0) is 18.4 Å². The van der Waals surface area contributed by atoms with Crippen LogP contribution in [0.4, 0.5) is 13.2 Å². The van der Waals surface area contributed by atoms with Gasteiger partial charge < -0.3 is 5.73 Å². The van der Waals surface area contributed by atoms with Gasteiger partial charge in [-0.25, -0.2) is 9.67 Å². The number of rotatable bonds is 4. The van der Waals surface area contributed by atoms with Crippen LogP contribution in [0.2, 0.25) is 0 Å². The molecule has 1 rings (SSSR count). The maximum atomic E-state index is 12.6. The molecule has 8 heteroatoms. The van der Waals surface area contributed by atoms with E-state index in [2.05, 4.69) is 10.1 Å². The van der Waals surface area contributed by atoms with Gasteiger partial charge in [-0.1, -0.05) is 0 Å². The first-order valence-corrected chi connectivity index (χ1v) is 5.83. The SMILES string of the molecule is CSC(N)/C=C(\N=C/n1cccn1)C(F)(F)F. The molecule has 1 atom stereocenters. The Morgan fingerprint density at radius 2 is 2.29 bits per heavy atom. The summed E-state index contributed by atoms with van der Waals surface area (Å²) in [5.41, 5.74) is 4.38. The lowest BCUT2D eigenvalue weighted by atomic mass is 10.4. The average Bonchev–Trinajstić information content (AvgIpc) is 2.74. The molecule has 1 heterocycles. The van der Waals surface area contributed by atoms with E-state index in [-0.39, 0.29) is 0 Å². The fourth-order valence-corrected chi connectivity index (χ4v) is 1.17. The topological polar surface area (TPSA) is 56.2 Å². The molecule has 1 aromatic heterocycles. The van der Waals surface area contributed by atoms with Crippen LogP contribution in [-0.2, 0) is 0 Å². The summed E-state index contributed by atoms with van der Waals surface area (Å²) in [5.74, 6) is 0. The van der Waals surface area contributed by atoms with Gasteiger partial charge in [0.1, 0.15) is 12.0 Å². The molecule has 0 fully saturated rings. The minimum atomic E-state index is -4.53. The van der Waals surface area contributed by atoms with Gasteiger partial charge in [0.2, 0.25) is 0 Å². The minimum Gasteiger partial charge on any atom is -0.316 e. The van der Waals surface area contributed by atoms with Gasteiger partial charge in [0, 0.05) is 12.4 Å². The summed E-state index contributed by atoms with van der Waals surface area (Å²) in [6.07, 6.45) is 1.85. The molecule has 0 aliphatic heterocycles. The Labute approximate surface area is 100 Å². The summed E-state index contributed by atoms with van der Waals surface area (Å²) in [6.45, 7) is 0. The molecule has 0 spiro atoms. The van der Waals surface area contributed by atoms with Gasteiger partial charge >= 0.3 is 6.18 Å². The molecule has 0 amide bonds. The van der Waals surface area contributed by atoms with Crippen molar-refractivity contribution in [3.05, 3.63) is 30.2 Å². The first-order valence-electron chi connectivity index (χ1n) is 4.54. The van der Waals surface area contributed by atoms with Crippen molar-refractivity contribution in [1.29, 1.82) is 0 Å². The highest BCUT2D eigenvalue weighted by Gasteiger charge is 2.33. The second-order valence-electron chi connectivity index (χ2n) is 2.98. The second-order valence-corrected chi connectivity index (χ2v) is 4.00. The fourth-order valence-electron chi connectivity index (χ4n) is 0.905. The number of nitrogens with zero attached hydrogens (tertiary/aromatic N) is 3. The third-order valence-electron chi connectivity index (χ3n) is 1.72. The summed E-state index contributed by atoms with van der Waals surface area (Å²) < 4.78 is 38.9. The maximum Gasteiger partial charge on any atom is 0.433 e. The van der Waals surface area contributed by atoms with Crippen LogP contribution in [0.25, 0.3) is 0 Å². The lowest BCUT2D eigenvalue weighted by molar-refractivity contribution is -0.0925. The molecule has 0 bridgehead atoms. The minimum absolute atomic E-state index is 0.749. The predicted molar refractivity (Wildman–Crippen MR) is 61.7 cm³/mol. The zero-order valence-corrected chi connectivity index (χ0v) is 9.74. The molecule has 0 radical (unpaired) electrons. The first-order chi connectivity index (χ1) is 7.93. The van der Waals surface area contributed by atoms with Crippen molar-refractivity contribution in [3.63, 3.8) is 0 Å². The molecule has 0 aromatic carbocycles. The van der Waals surface area contributed by atoms with Crippen molar-refractivity contribution in [1.82, 2.24) is 9.78 Å². The van der Waals surface area contributed by atoms with Crippen molar-refractivity contribution in [3.8, 4) is 0 Å². The van der Waals surface area contributed by atoms with E-state index in [0.717, 1.165) is 24.2 Å². The van der Waals surface area contributed by atoms with Crippen molar-refractivity contribution in [2.24, 2.45) is 10.7 Å². The smallest absolute Gasteiger partial charge is 0.316 e. The van der Waals surface area contributed by atoms with Crippen LogP contribution in [0.3, 0.4) is 0 Å². The van der Waals surface area contributed by atoms with E-state index >= 15 is 0 Å².